The molecule has 1 heterocycles. The molecule has 1 aliphatic heterocycles. The Balaban J connectivity index is 1.41. The van der Waals surface area contributed by atoms with Crippen LogP contribution in [0.2, 0.25) is 0 Å². The SMILES string of the molecule is O=C(COC(=O)CCS(=O)(=O)c1ccc2c(c1)OCCO2)NC(=O)NC1CCCC1. The number of benzene rings is 1. The highest BCUT2D eigenvalue weighted by molar-refractivity contribution is 7.91. The van der Waals surface area contributed by atoms with Crippen LogP contribution in [0.1, 0.15) is 32.1 Å². The maximum absolute atomic E-state index is 12.4. The minimum Gasteiger partial charge on any atom is -0.486 e. The lowest BCUT2D eigenvalue weighted by Crippen LogP contribution is -2.45. The van der Waals surface area contributed by atoms with Crippen molar-refractivity contribution in [1.29, 1.82) is 0 Å². The molecular formula is C19H24N2O8S. The fourth-order valence-electron chi connectivity index (χ4n) is 3.23. The first kappa shape index (κ1) is 21.9. The molecule has 30 heavy (non-hydrogen) atoms. The van der Waals surface area contributed by atoms with Gasteiger partial charge in [-0.05, 0) is 25.0 Å². The summed E-state index contributed by atoms with van der Waals surface area (Å²) in [5, 5.41) is 4.75. The Morgan fingerprint density at radius 3 is 2.50 bits per heavy atom. The van der Waals surface area contributed by atoms with Gasteiger partial charge >= 0.3 is 12.0 Å². The van der Waals surface area contributed by atoms with E-state index >= 15 is 0 Å². The molecule has 1 aromatic rings. The summed E-state index contributed by atoms with van der Waals surface area (Å²) in [6.45, 7) is 0.0469. The lowest BCUT2D eigenvalue weighted by molar-refractivity contribution is -0.147. The molecule has 0 aromatic heterocycles. The molecule has 0 radical (unpaired) electrons. The maximum Gasteiger partial charge on any atom is 0.321 e. The highest BCUT2D eigenvalue weighted by Gasteiger charge is 2.22. The minimum absolute atomic E-state index is 0.000812. The average Bonchev–Trinajstić information content (AvgIpc) is 3.23. The first-order chi connectivity index (χ1) is 14.3. The van der Waals surface area contributed by atoms with Crippen LogP contribution >= 0.6 is 0 Å². The summed E-state index contributed by atoms with van der Waals surface area (Å²) in [6.07, 6.45) is 3.37. The molecule has 0 atom stereocenters. The maximum atomic E-state index is 12.4. The van der Waals surface area contributed by atoms with Gasteiger partial charge in [0, 0.05) is 12.1 Å². The number of rotatable bonds is 7. The van der Waals surface area contributed by atoms with Gasteiger partial charge in [-0.15, -0.1) is 0 Å². The van der Waals surface area contributed by atoms with Crippen molar-refractivity contribution in [3.63, 3.8) is 0 Å². The second kappa shape index (κ2) is 9.79. The fourth-order valence-corrected chi connectivity index (χ4v) is 4.46. The van der Waals surface area contributed by atoms with E-state index in [1.807, 2.05) is 0 Å². The van der Waals surface area contributed by atoms with Gasteiger partial charge in [0.2, 0.25) is 0 Å². The van der Waals surface area contributed by atoms with Gasteiger partial charge in [0.1, 0.15) is 13.2 Å². The number of carbonyl (C=O) groups is 3. The molecule has 0 saturated heterocycles. The van der Waals surface area contributed by atoms with Crippen LogP contribution in [0.5, 0.6) is 11.5 Å². The Labute approximate surface area is 174 Å². The van der Waals surface area contributed by atoms with E-state index in [4.69, 9.17) is 14.2 Å². The van der Waals surface area contributed by atoms with Crippen molar-refractivity contribution in [2.45, 2.75) is 43.0 Å². The van der Waals surface area contributed by atoms with Crippen LogP contribution in [0, 0.1) is 0 Å². The summed E-state index contributed by atoms with van der Waals surface area (Å²) in [5.74, 6) is -1.34. The van der Waals surface area contributed by atoms with Crippen LogP contribution < -0.4 is 20.1 Å². The van der Waals surface area contributed by atoms with Gasteiger partial charge in [0.15, 0.2) is 27.9 Å². The van der Waals surface area contributed by atoms with Gasteiger partial charge in [-0.2, -0.15) is 0 Å². The van der Waals surface area contributed by atoms with E-state index in [0.29, 0.717) is 24.7 Å². The molecule has 1 saturated carbocycles. The zero-order chi connectivity index (χ0) is 21.6. The molecule has 2 aliphatic rings. The number of hydrogen-bond acceptors (Lipinski definition) is 8. The van der Waals surface area contributed by atoms with Crippen molar-refractivity contribution in [1.82, 2.24) is 10.6 Å². The number of esters is 1. The molecule has 164 valence electrons. The van der Waals surface area contributed by atoms with E-state index in [1.165, 1.54) is 18.2 Å². The Kier molecular flexibility index (Phi) is 7.14. The van der Waals surface area contributed by atoms with Crippen LogP contribution in [0.3, 0.4) is 0 Å². The molecule has 3 amide bonds. The van der Waals surface area contributed by atoms with Gasteiger partial charge < -0.3 is 19.5 Å². The topological polar surface area (TPSA) is 137 Å². The largest absolute Gasteiger partial charge is 0.486 e. The second-order valence-corrected chi connectivity index (χ2v) is 9.15. The molecule has 1 aromatic carbocycles. The summed E-state index contributed by atoms with van der Waals surface area (Å²) in [5.41, 5.74) is 0. The number of sulfone groups is 1. The van der Waals surface area contributed by atoms with E-state index in [9.17, 15) is 22.8 Å². The number of carbonyl (C=O) groups excluding carboxylic acids is 3. The van der Waals surface area contributed by atoms with Gasteiger partial charge in [-0.3, -0.25) is 14.9 Å². The lowest BCUT2D eigenvalue weighted by Gasteiger charge is -2.18. The summed E-state index contributed by atoms with van der Waals surface area (Å²) >= 11 is 0. The van der Waals surface area contributed by atoms with Gasteiger partial charge in [-0.1, -0.05) is 12.8 Å². The van der Waals surface area contributed by atoms with Crippen molar-refractivity contribution in [3.8, 4) is 11.5 Å². The van der Waals surface area contributed by atoms with Crippen molar-refractivity contribution in [2.24, 2.45) is 0 Å². The lowest BCUT2D eigenvalue weighted by atomic mass is 10.2. The normalized spacial score (nSPS) is 16.0. The van der Waals surface area contributed by atoms with E-state index in [-0.39, 0.29) is 10.9 Å². The molecule has 2 N–H and O–H groups in total. The molecule has 0 bridgehead atoms. The highest BCUT2D eigenvalue weighted by atomic mass is 32.2. The number of hydrogen-bond donors (Lipinski definition) is 2. The molecule has 3 rings (SSSR count). The highest BCUT2D eigenvalue weighted by Crippen LogP contribution is 2.32. The number of imide groups is 1. The zero-order valence-corrected chi connectivity index (χ0v) is 17.2. The van der Waals surface area contributed by atoms with Gasteiger partial charge in [0.25, 0.3) is 5.91 Å². The van der Waals surface area contributed by atoms with E-state index in [2.05, 4.69) is 10.6 Å². The number of amides is 3. The first-order valence-corrected chi connectivity index (χ1v) is 11.4. The Morgan fingerprint density at radius 1 is 1.07 bits per heavy atom. The van der Waals surface area contributed by atoms with Crippen molar-refractivity contribution in [3.05, 3.63) is 18.2 Å². The van der Waals surface area contributed by atoms with Crippen LogP contribution in [-0.4, -0.2) is 57.9 Å². The monoisotopic (exact) mass is 440 g/mol. The predicted molar refractivity (Wildman–Crippen MR) is 104 cm³/mol. The summed E-state index contributed by atoms with van der Waals surface area (Å²) in [4.78, 5) is 35.2. The van der Waals surface area contributed by atoms with Gasteiger partial charge in [-0.25, -0.2) is 13.2 Å². The predicted octanol–water partition coefficient (Wildman–Crippen LogP) is 0.933. The number of urea groups is 1. The summed E-state index contributed by atoms with van der Waals surface area (Å²) < 4.78 is 40.3. The molecule has 1 fully saturated rings. The average molecular weight is 440 g/mol. The minimum atomic E-state index is -3.76. The van der Waals surface area contributed by atoms with Gasteiger partial charge in [0.05, 0.1) is 17.1 Å². The molecule has 11 heteroatoms. The van der Waals surface area contributed by atoms with E-state index in [1.54, 1.807) is 0 Å². The Morgan fingerprint density at radius 2 is 1.77 bits per heavy atom. The molecular weight excluding hydrogens is 416 g/mol. The molecule has 0 spiro atoms. The second-order valence-electron chi connectivity index (χ2n) is 7.04. The number of fused-ring (bicyclic) bond motifs is 1. The summed E-state index contributed by atoms with van der Waals surface area (Å²) in [7, 11) is -3.76. The van der Waals surface area contributed by atoms with Crippen LogP contribution in [0.25, 0.3) is 0 Å². The van der Waals surface area contributed by atoms with Crippen LogP contribution in [-0.2, 0) is 24.2 Å². The van der Waals surface area contributed by atoms with Crippen molar-refractivity contribution >= 4 is 27.7 Å². The molecule has 1 aliphatic carbocycles. The third-order valence-corrected chi connectivity index (χ3v) is 6.47. The Hall–Kier alpha value is -2.82. The first-order valence-electron chi connectivity index (χ1n) is 9.72. The third-order valence-electron chi connectivity index (χ3n) is 4.76. The number of ether oxygens (including phenoxy) is 3. The fraction of sp³-hybridized carbons (Fsp3) is 0.526. The number of nitrogens with one attached hydrogen (secondary N) is 2. The van der Waals surface area contributed by atoms with Crippen LogP contribution in [0.15, 0.2) is 23.1 Å². The molecule has 10 nitrogen and oxygen atoms in total. The van der Waals surface area contributed by atoms with E-state index in [0.717, 1.165) is 25.7 Å². The standard InChI is InChI=1S/C19H24N2O8S/c22-17(21-19(24)20-13-3-1-2-4-13)12-29-18(23)7-10-30(25,26)14-5-6-15-16(11-14)28-9-8-27-15/h5-6,11,13H,1-4,7-10,12H2,(H2,20,21,22,24). The van der Waals surface area contributed by atoms with Crippen molar-refractivity contribution < 1.29 is 37.0 Å². The smallest absolute Gasteiger partial charge is 0.321 e. The van der Waals surface area contributed by atoms with Crippen LogP contribution in [0.4, 0.5) is 4.79 Å². The summed E-state index contributed by atoms with van der Waals surface area (Å²) in [6, 6.07) is 3.65. The third kappa shape index (κ3) is 6.09. The Bertz CT molecular complexity index is 909. The van der Waals surface area contributed by atoms with Crippen molar-refractivity contribution in [2.75, 3.05) is 25.6 Å². The zero-order valence-electron chi connectivity index (χ0n) is 16.3. The van der Waals surface area contributed by atoms with E-state index < -0.39 is 46.5 Å². The molecule has 0 unspecified atom stereocenters. The quantitative estimate of drug-likeness (QED) is 0.598.